The maximum Gasteiger partial charge on any atom is 0.244 e. The zero-order valence-electron chi connectivity index (χ0n) is 22.1. The number of rotatable bonds is 11. The Morgan fingerprint density at radius 2 is 1.61 bits per heavy atom. The van der Waals surface area contributed by atoms with Crippen molar-refractivity contribution in [3.8, 4) is 0 Å². The lowest BCUT2D eigenvalue weighted by Gasteiger charge is -2.34. The van der Waals surface area contributed by atoms with Gasteiger partial charge in [0.25, 0.3) is 0 Å². The summed E-state index contributed by atoms with van der Waals surface area (Å²) in [6.07, 6.45) is 1.34. The van der Waals surface area contributed by atoms with Crippen LogP contribution in [0.5, 0.6) is 0 Å². The fourth-order valence-electron chi connectivity index (χ4n) is 4.31. The minimum atomic E-state index is -3.84. The minimum absolute atomic E-state index is 0.150. The molecule has 7 nitrogen and oxygen atoms in total. The molecule has 0 heterocycles. The van der Waals surface area contributed by atoms with Gasteiger partial charge in [0, 0.05) is 24.5 Å². The standard InChI is InChI=1S/C29H34ClN3O4S/c1-5-31-29(35)27(18-23-12-7-6-8-13-23)32(19-24-14-10-9-11-21(24)2)28(34)20-33(38(4,36)37)26-16-15-25(30)17-22(26)3/h6-17,27H,5,18-20H2,1-4H3,(H,31,35)/t27-/m0/s1. The third-order valence-electron chi connectivity index (χ3n) is 6.33. The summed E-state index contributed by atoms with van der Waals surface area (Å²) in [6.45, 7) is 5.59. The topological polar surface area (TPSA) is 86.8 Å². The van der Waals surface area contributed by atoms with Crippen molar-refractivity contribution >= 4 is 39.1 Å². The van der Waals surface area contributed by atoms with Gasteiger partial charge in [-0.15, -0.1) is 0 Å². The van der Waals surface area contributed by atoms with Crippen LogP contribution in [0.2, 0.25) is 5.02 Å². The molecule has 0 spiro atoms. The molecule has 38 heavy (non-hydrogen) atoms. The molecule has 0 saturated carbocycles. The maximum atomic E-state index is 14.0. The molecular formula is C29H34ClN3O4S. The smallest absolute Gasteiger partial charge is 0.244 e. The molecular weight excluding hydrogens is 522 g/mol. The first-order valence-corrected chi connectivity index (χ1v) is 14.6. The van der Waals surface area contributed by atoms with Gasteiger partial charge in [-0.05, 0) is 61.2 Å². The number of anilines is 1. The van der Waals surface area contributed by atoms with E-state index < -0.39 is 28.5 Å². The lowest BCUT2D eigenvalue weighted by Crippen LogP contribution is -2.53. The number of sulfonamides is 1. The highest BCUT2D eigenvalue weighted by Gasteiger charge is 2.33. The van der Waals surface area contributed by atoms with Gasteiger partial charge in [0.1, 0.15) is 12.6 Å². The number of halogens is 1. The zero-order chi connectivity index (χ0) is 27.9. The van der Waals surface area contributed by atoms with Gasteiger partial charge in [-0.3, -0.25) is 13.9 Å². The molecule has 0 saturated heterocycles. The average Bonchev–Trinajstić information content (AvgIpc) is 2.86. The average molecular weight is 556 g/mol. The van der Waals surface area contributed by atoms with Crippen molar-refractivity contribution < 1.29 is 18.0 Å². The number of nitrogens with zero attached hydrogens (tertiary/aromatic N) is 2. The number of aryl methyl sites for hydroxylation is 2. The Morgan fingerprint density at radius 1 is 0.947 bits per heavy atom. The van der Waals surface area contributed by atoms with Crippen molar-refractivity contribution in [1.29, 1.82) is 0 Å². The quantitative estimate of drug-likeness (QED) is 0.377. The Bertz CT molecular complexity index is 1380. The molecule has 0 unspecified atom stereocenters. The van der Waals surface area contributed by atoms with Crippen LogP contribution in [0.3, 0.4) is 0 Å². The van der Waals surface area contributed by atoms with E-state index in [4.69, 9.17) is 11.6 Å². The summed E-state index contributed by atoms with van der Waals surface area (Å²) in [4.78, 5) is 28.9. The molecule has 3 aromatic carbocycles. The van der Waals surface area contributed by atoms with Crippen LogP contribution in [0.15, 0.2) is 72.8 Å². The summed E-state index contributed by atoms with van der Waals surface area (Å²) in [5.41, 5.74) is 3.70. The molecule has 1 N–H and O–H groups in total. The van der Waals surface area contributed by atoms with Gasteiger partial charge in [0.05, 0.1) is 11.9 Å². The van der Waals surface area contributed by atoms with E-state index in [1.165, 1.54) is 4.90 Å². The van der Waals surface area contributed by atoms with Crippen molar-refractivity contribution in [3.63, 3.8) is 0 Å². The first kappa shape index (κ1) is 29.2. The third-order valence-corrected chi connectivity index (χ3v) is 7.69. The molecule has 0 radical (unpaired) electrons. The Morgan fingerprint density at radius 3 is 2.21 bits per heavy atom. The third kappa shape index (κ3) is 7.58. The Kier molecular flexibility index (Phi) is 9.94. The monoisotopic (exact) mass is 555 g/mol. The van der Waals surface area contributed by atoms with E-state index >= 15 is 0 Å². The zero-order valence-corrected chi connectivity index (χ0v) is 23.7. The number of hydrogen-bond acceptors (Lipinski definition) is 4. The van der Waals surface area contributed by atoms with Crippen molar-refractivity contribution in [2.75, 3.05) is 23.7 Å². The van der Waals surface area contributed by atoms with E-state index in [1.807, 2.05) is 68.4 Å². The van der Waals surface area contributed by atoms with Crippen LogP contribution in [0.25, 0.3) is 0 Å². The Balaban J connectivity index is 2.07. The molecule has 9 heteroatoms. The predicted molar refractivity (Wildman–Crippen MR) is 153 cm³/mol. The summed E-state index contributed by atoms with van der Waals surface area (Å²) >= 11 is 6.09. The lowest BCUT2D eigenvalue weighted by molar-refractivity contribution is -0.140. The molecule has 0 aliphatic rings. The van der Waals surface area contributed by atoms with E-state index in [1.54, 1.807) is 25.1 Å². The first-order valence-electron chi connectivity index (χ1n) is 12.4. The normalized spacial score (nSPS) is 12.0. The summed E-state index contributed by atoms with van der Waals surface area (Å²) < 4.78 is 26.8. The largest absolute Gasteiger partial charge is 0.355 e. The number of carbonyl (C=O) groups is 2. The van der Waals surface area contributed by atoms with E-state index in [0.29, 0.717) is 22.8 Å². The molecule has 0 aliphatic heterocycles. The van der Waals surface area contributed by atoms with E-state index in [2.05, 4.69) is 5.32 Å². The van der Waals surface area contributed by atoms with Gasteiger partial charge in [0.2, 0.25) is 21.8 Å². The summed E-state index contributed by atoms with van der Waals surface area (Å²) in [6, 6.07) is 21.1. The van der Waals surface area contributed by atoms with Crippen LogP contribution in [-0.4, -0.2) is 50.5 Å². The van der Waals surface area contributed by atoms with Crippen LogP contribution < -0.4 is 9.62 Å². The van der Waals surface area contributed by atoms with Crippen LogP contribution in [-0.2, 0) is 32.6 Å². The fourth-order valence-corrected chi connectivity index (χ4v) is 5.44. The predicted octanol–water partition coefficient (Wildman–Crippen LogP) is 4.50. The Labute approximate surface area is 230 Å². The molecule has 3 rings (SSSR count). The highest BCUT2D eigenvalue weighted by molar-refractivity contribution is 7.92. The molecule has 2 amide bonds. The number of hydrogen-bond donors (Lipinski definition) is 1. The second-order valence-corrected chi connectivity index (χ2v) is 11.6. The number of nitrogens with one attached hydrogen (secondary N) is 1. The van der Waals surface area contributed by atoms with Crippen LogP contribution in [0.4, 0.5) is 5.69 Å². The highest BCUT2D eigenvalue weighted by atomic mass is 35.5. The van der Waals surface area contributed by atoms with E-state index in [9.17, 15) is 18.0 Å². The van der Waals surface area contributed by atoms with Gasteiger partial charge >= 0.3 is 0 Å². The molecule has 0 bridgehead atoms. The Hall–Kier alpha value is -3.36. The second kappa shape index (κ2) is 12.9. The van der Waals surface area contributed by atoms with Crippen LogP contribution in [0, 0.1) is 13.8 Å². The number of benzene rings is 3. The van der Waals surface area contributed by atoms with Gasteiger partial charge in [0.15, 0.2) is 0 Å². The molecule has 0 fully saturated rings. The lowest BCUT2D eigenvalue weighted by atomic mass is 10.0. The number of likely N-dealkylation sites (N-methyl/N-ethyl adjacent to an activating group) is 1. The minimum Gasteiger partial charge on any atom is -0.355 e. The van der Waals surface area contributed by atoms with Gasteiger partial charge < -0.3 is 10.2 Å². The molecule has 0 aliphatic carbocycles. The van der Waals surface area contributed by atoms with E-state index in [0.717, 1.165) is 27.3 Å². The fraction of sp³-hybridized carbons (Fsp3) is 0.310. The summed E-state index contributed by atoms with van der Waals surface area (Å²) in [5.74, 6) is -0.785. The number of amides is 2. The van der Waals surface area contributed by atoms with Gasteiger partial charge in [-0.2, -0.15) is 0 Å². The molecule has 0 aromatic heterocycles. The summed E-state index contributed by atoms with van der Waals surface area (Å²) in [7, 11) is -3.84. The molecule has 1 atom stereocenters. The number of carbonyl (C=O) groups excluding carboxylic acids is 2. The van der Waals surface area contributed by atoms with Gasteiger partial charge in [-0.1, -0.05) is 66.2 Å². The van der Waals surface area contributed by atoms with Crippen molar-refractivity contribution in [2.24, 2.45) is 0 Å². The SMILES string of the molecule is CCNC(=O)[C@H](Cc1ccccc1)N(Cc1ccccc1C)C(=O)CN(c1ccc(Cl)cc1C)S(C)(=O)=O. The van der Waals surface area contributed by atoms with Crippen LogP contribution >= 0.6 is 11.6 Å². The van der Waals surface area contributed by atoms with E-state index in [-0.39, 0.29) is 18.9 Å². The van der Waals surface area contributed by atoms with Crippen molar-refractivity contribution in [2.45, 2.75) is 39.8 Å². The first-order chi connectivity index (χ1) is 18.0. The molecule has 202 valence electrons. The van der Waals surface area contributed by atoms with Crippen LogP contribution in [0.1, 0.15) is 29.2 Å². The maximum absolute atomic E-state index is 14.0. The van der Waals surface area contributed by atoms with Crippen molar-refractivity contribution in [3.05, 3.63) is 100 Å². The highest BCUT2D eigenvalue weighted by Crippen LogP contribution is 2.26. The summed E-state index contributed by atoms with van der Waals surface area (Å²) in [5, 5.41) is 3.32. The van der Waals surface area contributed by atoms with Crippen molar-refractivity contribution in [1.82, 2.24) is 10.2 Å². The van der Waals surface area contributed by atoms with Gasteiger partial charge in [-0.25, -0.2) is 8.42 Å². The molecule has 3 aromatic rings. The second-order valence-electron chi connectivity index (χ2n) is 9.25.